The first kappa shape index (κ1) is 10.8. The molecule has 0 unspecified atom stereocenters. The molecule has 0 amide bonds. The van der Waals surface area contributed by atoms with Gasteiger partial charge in [-0.25, -0.2) is 0 Å². The molecule has 86 valence electrons. The van der Waals surface area contributed by atoms with Crippen LogP contribution in [0.2, 0.25) is 0 Å². The third-order valence-corrected chi connectivity index (χ3v) is 3.80. The first-order valence-corrected chi connectivity index (χ1v) is 6.61. The van der Waals surface area contributed by atoms with Crippen LogP contribution in [0.3, 0.4) is 0 Å². The summed E-state index contributed by atoms with van der Waals surface area (Å²) < 4.78 is 7.00. The SMILES string of the molecule is Brc1ccc2c(c1OCc1ccccc1)CC2. The molecule has 17 heavy (non-hydrogen) atoms. The fourth-order valence-corrected chi connectivity index (χ4v) is 2.60. The van der Waals surface area contributed by atoms with E-state index >= 15 is 0 Å². The lowest BCUT2D eigenvalue weighted by atomic mass is 9.88. The van der Waals surface area contributed by atoms with Gasteiger partial charge in [0.2, 0.25) is 0 Å². The smallest absolute Gasteiger partial charge is 0.137 e. The molecule has 1 nitrogen and oxygen atoms in total. The van der Waals surface area contributed by atoms with Gasteiger partial charge >= 0.3 is 0 Å². The first-order chi connectivity index (χ1) is 8.34. The summed E-state index contributed by atoms with van der Waals surface area (Å²) in [6.07, 6.45) is 2.32. The van der Waals surface area contributed by atoms with Crippen molar-refractivity contribution in [2.75, 3.05) is 0 Å². The van der Waals surface area contributed by atoms with Crippen LogP contribution in [0.5, 0.6) is 5.75 Å². The molecular weight excluding hydrogens is 276 g/mol. The average molecular weight is 289 g/mol. The van der Waals surface area contributed by atoms with E-state index in [0.29, 0.717) is 6.61 Å². The van der Waals surface area contributed by atoms with E-state index in [1.54, 1.807) is 0 Å². The largest absolute Gasteiger partial charge is 0.487 e. The summed E-state index contributed by atoms with van der Waals surface area (Å²) in [6.45, 7) is 0.635. The Hall–Kier alpha value is -1.28. The number of ether oxygens (including phenoxy) is 1. The van der Waals surface area contributed by atoms with E-state index in [1.165, 1.54) is 23.1 Å². The van der Waals surface area contributed by atoms with Crippen LogP contribution in [0.15, 0.2) is 46.9 Å². The van der Waals surface area contributed by atoms with Crippen molar-refractivity contribution in [3.63, 3.8) is 0 Å². The Morgan fingerprint density at radius 3 is 2.53 bits per heavy atom. The summed E-state index contributed by atoms with van der Waals surface area (Å²) >= 11 is 3.56. The lowest BCUT2D eigenvalue weighted by Crippen LogP contribution is -2.11. The van der Waals surface area contributed by atoms with Crippen molar-refractivity contribution in [3.05, 3.63) is 63.6 Å². The number of hydrogen-bond donors (Lipinski definition) is 0. The molecule has 0 atom stereocenters. The minimum atomic E-state index is 0.635. The van der Waals surface area contributed by atoms with Crippen LogP contribution in [0, 0.1) is 0 Å². The highest BCUT2D eigenvalue weighted by Gasteiger charge is 2.20. The van der Waals surface area contributed by atoms with E-state index in [1.807, 2.05) is 18.2 Å². The molecule has 0 spiro atoms. The highest BCUT2D eigenvalue weighted by atomic mass is 79.9. The van der Waals surface area contributed by atoms with Crippen molar-refractivity contribution in [3.8, 4) is 5.75 Å². The Kier molecular flexibility index (Phi) is 2.89. The Morgan fingerprint density at radius 1 is 1.00 bits per heavy atom. The molecule has 0 fully saturated rings. The maximum absolute atomic E-state index is 5.94. The van der Waals surface area contributed by atoms with Gasteiger partial charge < -0.3 is 4.74 Å². The highest BCUT2D eigenvalue weighted by Crippen LogP contribution is 2.38. The minimum absolute atomic E-state index is 0.635. The second-order valence-electron chi connectivity index (χ2n) is 4.29. The summed E-state index contributed by atoms with van der Waals surface area (Å²) in [7, 11) is 0. The van der Waals surface area contributed by atoms with Gasteiger partial charge in [0.25, 0.3) is 0 Å². The molecule has 1 aliphatic rings. The predicted octanol–water partition coefficient (Wildman–Crippen LogP) is 4.13. The molecule has 2 aromatic rings. The van der Waals surface area contributed by atoms with Crippen molar-refractivity contribution in [2.45, 2.75) is 19.4 Å². The number of rotatable bonds is 3. The highest BCUT2D eigenvalue weighted by molar-refractivity contribution is 9.10. The van der Waals surface area contributed by atoms with Gasteiger partial charge in [0.05, 0.1) is 4.47 Å². The van der Waals surface area contributed by atoms with Crippen molar-refractivity contribution in [1.29, 1.82) is 0 Å². The second kappa shape index (κ2) is 4.53. The van der Waals surface area contributed by atoms with Crippen LogP contribution in [0.4, 0.5) is 0 Å². The molecule has 3 rings (SSSR count). The fourth-order valence-electron chi connectivity index (χ4n) is 2.12. The van der Waals surface area contributed by atoms with Gasteiger partial charge in [0, 0.05) is 0 Å². The number of aryl methyl sites for hydroxylation is 1. The maximum Gasteiger partial charge on any atom is 0.137 e. The number of hydrogen-bond acceptors (Lipinski definition) is 1. The topological polar surface area (TPSA) is 9.23 Å². The summed E-state index contributed by atoms with van der Waals surface area (Å²) in [5.74, 6) is 1.03. The number of fused-ring (bicyclic) bond motifs is 1. The van der Waals surface area contributed by atoms with Crippen LogP contribution in [0.1, 0.15) is 16.7 Å². The third-order valence-electron chi connectivity index (χ3n) is 3.18. The number of benzene rings is 2. The van der Waals surface area contributed by atoms with Gasteiger partial charge in [-0.1, -0.05) is 36.4 Å². The van der Waals surface area contributed by atoms with Gasteiger partial charge in [0.1, 0.15) is 12.4 Å². The summed E-state index contributed by atoms with van der Waals surface area (Å²) in [5, 5.41) is 0. The monoisotopic (exact) mass is 288 g/mol. The van der Waals surface area contributed by atoms with Gasteiger partial charge in [-0.3, -0.25) is 0 Å². The van der Waals surface area contributed by atoms with Gasteiger partial charge in [-0.2, -0.15) is 0 Å². The number of halogens is 1. The minimum Gasteiger partial charge on any atom is -0.487 e. The molecule has 2 heteroatoms. The summed E-state index contributed by atoms with van der Waals surface area (Å²) in [6, 6.07) is 14.5. The van der Waals surface area contributed by atoms with Crippen molar-refractivity contribution < 1.29 is 4.74 Å². The van der Waals surface area contributed by atoms with Crippen molar-refractivity contribution >= 4 is 15.9 Å². The molecule has 0 aromatic heterocycles. The van der Waals surface area contributed by atoms with Crippen molar-refractivity contribution in [1.82, 2.24) is 0 Å². The molecular formula is C15H13BrO. The zero-order valence-electron chi connectivity index (χ0n) is 9.45. The maximum atomic E-state index is 5.94. The Labute approximate surface area is 110 Å². The quantitative estimate of drug-likeness (QED) is 0.825. The van der Waals surface area contributed by atoms with Gasteiger partial charge in [0.15, 0.2) is 0 Å². The van der Waals surface area contributed by atoms with Crippen LogP contribution >= 0.6 is 15.9 Å². The third kappa shape index (κ3) is 2.09. The Bertz CT molecular complexity index is 534. The Morgan fingerprint density at radius 2 is 1.82 bits per heavy atom. The van der Waals surface area contributed by atoms with E-state index in [4.69, 9.17) is 4.74 Å². The normalized spacial score (nSPS) is 12.8. The zero-order chi connectivity index (χ0) is 11.7. The lowest BCUT2D eigenvalue weighted by Gasteiger charge is -2.23. The molecule has 1 aliphatic carbocycles. The lowest BCUT2D eigenvalue weighted by molar-refractivity contribution is 0.298. The van der Waals surface area contributed by atoms with Crippen LogP contribution in [-0.2, 0) is 19.4 Å². The standard InChI is InChI=1S/C15H13BrO/c16-14-9-7-12-6-8-13(12)15(14)17-10-11-4-2-1-3-5-11/h1-5,7,9H,6,8,10H2. The molecule has 0 heterocycles. The molecule has 0 radical (unpaired) electrons. The second-order valence-corrected chi connectivity index (χ2v) is 5.14. The zero-order valence-corrected chi connectivity index (χ0v) is 11.0. The van der Waals surface area contributed by atoms with E-state index in [2.05, 4.69) is 40.2 Å². The van der Waals surface area contributed by atoms with Gasteiger partial charge in [-0.15, -0.1) is 0 Å². The van der Waals surface area contributed by atoms with Crippen molar-refractivity contribution in [2.24, 2.45) is 0 Å². The summed E-state index contributed by atoms with van der Waals surface area (Å²) in [5.41, 5.74) is 4.00. The van der Waals surface area contributed by atoms with E-state index in [-0.39, 0.29) is 0 Å². The molecule has 0 aliphatic heterocycles. The average Bonchev–Trinajstić information content (AvgIpc) is 2.32. The van der Waals surface area contributed by atoms with E-state index < -0.39 is 0 Å². The molecule has 0 saturated heterocycles. The van der Waals surface area contributed by atoms with Crippen LogP contribution in [0.25, 0.3) is 0 Å². The van der Waals surface area contributed by atoms with E-state index in [0.717, 1.165) is 16.6 Å². The molecule has 0 N–H and O–H groups in total. The molecule has 0 bridgehead atoms. The predicted molar refractivity (Wildman–Crippen MR) is 72.3 cm³/mol. The van der Waals surface area contributed by atoms with E-state index in [9.17, 15) is 0 Å². The Balaban J connectivity index is 1.80. The van der Waals surface area contributed by atoms with Crippen LogP contribution in [-0.4, -0.2) is 0 Å². The molecule has 2 aromatic carbocycles. The molecule has 0 saturated carbocycles. The fraction of sp³-hybridized carbons (Fsp3) is 0.200. The summed E-state index contributed by atoms with van der Waals surface area (Å²) in [4.78, 5) is 0. The first-order valence-electron chi connectivity index (χ1n) is 5.81. The van der Waals surface area contributed by atoms with Gasteiger partial charge in [-0.05, 0) is 51.5 Å². The van der Waals surface area contributed by atoms with Crippen LogP contribution < -0.4 is 4.74 Å².